The Bertz CT molecular complexity index is 435. The molecule has 1 aromatic rings. The molecule has 1 aliphatic rings. The first kappa shape index (κ1) is 15.9. The van der Waals surface area contributed by atoms with E-state index in [4.69, 9.17) is 0 Å². The van der Waals surface area contributed by atoms with Crippen LogP contribution in [0.25, 0.3) is 0 Å². The zero-order valence-corrected chi connectivity index (χ0v) is 13.7. The summed E-state index contributed by atoms with van der Waals surface area (Å²) in [4.78, 5) is 0. The van der Waals surface area contributed by atoms with Gasteiger partial charge in [0.25, 0.3) is 0 Å². The Morgan fingerprint density at radius 3 is 3.00 bits per heavy atom. The summed E-state index contributed by atoms with van der Waals surface area (Å²) in [6.07, 6.45) is 4.73. The molecular weight excluding hydrogens is 270 g/mol. The Morgan fingerprint density at radius 1 is 1.60 bits per heavy atom. The van der Waals surface area contributed by atoms with Crippen LogP contribution in [0.4, 0.5) is 0 Å². The maximum atomic E-state index is 9.80. The summed E-state index contributed by atoms with van der Waals surface area (Å²) in [7, 11) is 2.00. The van der Waals surface area contributed by atoms with Crippen LogP contribution in [0.5, 0.6) is 0 Å². The standard InChI is InChI=1S/C15H27N3OS/c1-4-16-15(11-19)8-5-6-13(15)7-9-20-14-10-12(2)17-18(14)3/h10,13,16,19H,4-9,11H2,1-3H3. The fraction of sp³-hybridized carbons (Fsp3) is 0.800. The fourth-order valence-corrected chi connectivity index (χ4v) is 4.53. The Morgan fingerprint density at radius 2 is 2.40 bits per heavy atom. The topological polar surface area (TPSA) is 50.1 Å². The highest BCUT2D eigenvalue weighted by Gasteiger charge is 2.41. The third kappa shape index (κ3) is 3.38. The smallest absolute Gasteiger partial charge is 0.0939 e. The van der Waals surface area contributed by atoms with Crippen molar-refractivity contribution in [3.8, 4) is 0 Å². The monoisotopic (exact) mass is 297 g/mol. The molecule has 1 heterocycles. The predicted octanol–water partition coefficient (Wildman–Crippen LogP) is 2.35. The van der Waals surface area contributed by atoms with Gasteiger partial charge in [0.1, 0.15) is 0 Å². The number of aliphatic hydroxyl groups excluding tert-OH is 1. The average Bonchev–Trinajstić information content (AvgIpc) is 2.95. The molecule has 1 saturated carbocycles. The molecular formula is C15H27N3OS. The third-order valence-electron chi connectivity index (χ3n) is 4.44. The van der Waals surface area contributed by atoms with Crippen LogP contribution < -0.4 is 5.32 Å². The minimum absolute atomic E-state index is 0.0301. The first-order chi connectivity index (χ1) is 9.61. The number of thioether (sulfide) groups is 1. The second-order valence-corrected chi connectivity index (χ2v) is 6.93. The number of aryl methyl sites for hydroxylation is 2. The van der Waals surface area contributed by atoms with Crippen LogP contribution in [-0.2, 0) is 7.05 Å². The summed E-state index contributed by atoms with van der Waals surface area (Å²) in [6, 6.07) is 2.14. The summed E-state index contributed by atoms with van der Waals surface area (Å²) in [5.74, 6) is 1.69. The number of nitrogens with zero attached hydrogens (tertiary/aromatic N) is 2. The van der Waals surface area contributed by atoms with Gasteiger partial charge in [-0.3, -0.25) is 4.68 Å². The van der Waals surface area contributed by atoms with Crippen LogP contribution in [0.15, 0.2) is 11.1 Å². The molecule has 0 aromatic carbocycles. The van der Waals surface area contributed by atoms with Crippen molar-refractivity contribution >= 4 is 11.8 Å². The van der Waals surface area contributed by atoms with E-state index in [1.165, 1.54) is 17.9 Å². The molecule has 0 spiro atoms. The van der Waals surface area contributed by atoms with Gasteiger partial charge in [0.05, 0.1) is 17.3 Å². The lowest BCUT2D eigenvalue weighted by molar-refractivity contribution is 0.124. The van der Waals surface area contributed by atoms with Crippen LogP contribution in [0, 0.1) is 12.8 Å². The van der Waals surface area contributed by atoms with Gasteiger partial charge in [-0.25, -0.2) is 0 Å². The van der Waals surface area contributed by atoms with Crippen LogP contribution in [0.3, 0.4) is 0 Å². The van der Waals surface area contributed by atoms with E-state index in [1.807, 2.05) is 30.4 Å². The van der Waals surface area contributed by atoms with Crippen molar-refractivity contribution in [3.05, 3.63) is 11.8 Å². The maximum Gasteiger partial charge on any atom is 0.0939 e. The summed E-state index contributed by atoms with van der Waals surface area (Å²) in [5, 5.41) is 19.0. The van der Waals surface area contributed by atoms with Crippen LogP contribution in [0.1, 0.15) is 38.3 Å². The minimum atomic E-state index is -0.0301. The van der Waals surface area contributed by atoms with Crippen molar-refractivity contribution in [1.29, 1.82) is 0 Å². The predicted molar refractivity (Wildman–Crippen MR) is 84.1 cm³/mol. The van der Waals surface area contributed by atoms with Gasteiger partial charge in [0, 0.05) is 12.6 Å². The number of aromatic nitrogens is 2. The fourth-order valence-electron chi connectivity index (χ4n) is 3.44. The molecule has 1 fully saturated rings. The van der Waals surface area contributed by atoms with Gasteiger partial charge < -0.3 is 10.4 Å². The molecule has 0 amide bonds. The number of nitrogens with one attached hydrogen (secondary N) is 1. The molecule has 1 aliphatic carbocycles. The number of rotatable bonds is 7. The van der Waals surface area contributed by atoms with E-state index in [0.29, 0.717) is 5.92 Å². The van der Waals surface area contributed by atoms with Crippen LogP contribution in [-0.4, -0.2) is 39.3 Å². The number of likely N-dealkylation sites (N-methyl/N-ethyl adjacent to an activating group) is 1. The zero-order valence-electron chi connectivity index (χ0n) is 12.9. The van der Waals surface area contributed by atoms with Crippen molar-refractivity contribution in [3.63, 3.8) is 0 Å². The summed E-state index contributed by atoms with van der Waals surface area (Å²) in [6.45, 7) is 5.36. The molecule has 20 heavy (non-hydrogen) atoms. The minimum Gasteiger partial charge on any atom is -0.394 e. The summed E-state index contributed by atoms with van der Waals surface area (Å²) in [5.41, 5.74) is 1.05. The molecule has 0 bridgehead atoms. The van der Waals surface area contributed by atoms with Crippen molar-refractivity contribution in [2.24, 2.45) is 13.0 Å². The van der Waals surface area contributed by atoms with Gasteiger partial charge in [-0.1, -0.05) is 13.3 Å². The Hall–Kier alpha value is -0.520. The van der Waals surface area contributed by atoms with Crippen molar-refractivity contribution in [1.82, 2.24) is 15.1 Å². The second-order valence-electron chi connectivity index (χ2n) is 5.82. The van der Waals surface area contributed by atoms with E-state index in [9.17, 15) is 5.11 Å². The largest absolute Gasteiger partial charge is 0.394 e. The average molecular weight is 297 g/mol. The highest BCUT2D eigenvalue weighted by Crippen LogP contribution is 2.38. The molecule has 2 unspecified atom stereocenters. The maximum absolute atomic E-state index is 9.80. The molecule has 5 heteroatoms. The zero-order chi connectivity index (χ0) is 14.6. The summed E-state index contributed by atoms with van der Waals surface area (Å²) >= 11 is 1.88. The van der Waals surface area contributed by atoms with Crippen molar-refractivity contribution in [2.45, 2.75) is 50.1 Å². The molecule has 1 aromatic heterocycles. The van der Waals surface area contributed by atoms with Crippen LogP contribution in [0.2, 0.25) is 0 Å². The quantitative estimate of drug-likeness (QED) is 0.759. The highest BCUT2D eigenvalue weighted by atomic mass is 32.2. The van der Waals surface area contributed by atoms with Gasteiger partial charge in [-0.15, -0.1) is 11.8 Å². The molecule has 0 aliphatic heterocycles. The van der Waals surface area contributed by atoms with Gasteiger partial charge in [-0.2, -0.15) is 5.10 Å². The van der Waals surface area contributed by atoms with E-state index in [-0.39, 0.29) is 12.1 Å². The Kier molecular flexibility index (Phi) is 5.52. The van der Waals surface area contributed by atoms with E-state index < -0.39 is 0 Å². The molecule has 2 atom stereocenters. The molecule has 0 saturated heterocycles. The van der Waals surface area contributed by atoms with Crippen LogP contribution >= 0.6 is 11.8 Å². The number of hydrogen-bond donors (Lipinski definition) is 2. The molecule has 2 rings (SSSR count). The first-order valence-electron chi connectivity index (χ1n) is 7.60. The van der Waals surface area contributed by atoms with Gasteiger partial charge in [-0.05, 0) is 50.5 Å². The Balaban J connectivity index is 1.88. The molecule has 0 radical (unpaired) electrons. The van der Waals surface area contributed by atoms with E-state index in [2.05, 4.69) is 23.4 Å². The van der Waals surface area contributed by atoms with E-state index in [0.717, 1.165) is 30.8 Å². The highest BCUT2D eigenvalue weighted by molar-refractivity contribution is 7.99. The van der Waals surface area contributed by atoms with E-state index in [1.54, 1.807) is 0 Å². The summed E-state index contributed by atoms with van der Waals surface area (Å²) < 4.78 is 1.96. The SMILES string of the molecule is CCNC1(CO)CCCC1CCSc1cc(C)nn1C. The number of aliphatic hydroxyl groups is 1. The normalized spacial score (nSPS) is 26.3. The molecule has 2 N–H and O–H groups in total. The second kappa shape index (κ2) is 6.96. The van der Waals surface area contributed by atoms with Crippen molar-refractivity contribution in [2.75, 3.05) is 18.9 Å². The van der Waals surface area contributed by atoms with Gasteiger partial charge >= 0.3 is 0 Å². The number of hydrogen-bond acceptors (Lipinski definition) is 4. The van der Waals surface area contributed by atoms with E-state index >= 15 is 0 Å². The molecule has 4 nitrogen and oxygen atoms in total. The molecule has 114 valence electrons. The lowest BCUT2D eigenvalue weighted by atomic mass is 9.86. The Labute approximate surface area is 126 Å². The first-order valence-corrected chi connectivity index (χ1v) is 8.59. The third-order valence-corrected chi connectivity index (χ3v) is 5.56. The lowest BCUT2D eigenvalue weighted by Crippen LogP contribution is -2.51. The van der Waals surface area contributed by atoms with Crippen molar-refractivity contribution < 1.29 is 5.11 Å². The van der Waals surface area contributed by atoms with Gasteiger partial charge in [0.2, 0.25) is 0 Å². The van der Waals surface area contributed by atoms with Gasteiger partial charge in [0.15, 0.2) is 0 Å². The lowest BCUT2D eigenvalue weighted by Gasteiger charge is -2.34.